The van der Waals surface area contributed by atoms with E-state index >= 15 is 0 Å². The zero-order valence-electron chi connectivity index (χ0n) is 8.54. The second kappa shape index (κ2) is 3.91. The number of fused-ring (bicyclic) bond motifs is 1. The van der Waals surface area contributed by atoms with Gasteiger partial charge in [0.15, 0.2) is 0 Å². The summed E-state index contributed by atoms with van der Waals surface area (Å²) in [5, 5.41) is 8.95. The molecule has 92 valence electrons. The van der Waals surface area contributed by atoms with E-state index in [1.807, 2.05) is 0 Å². The van der Waals surface area contributed by atoms with Gasteiger partial charge in [-0.05, 0) is 19.3 Å². The number of carboxylic acid groups (broad SMARTS) is 1. The fourth-order valence-corrected chi connectivity index (χ4v) is 2.78. The van der Waals surface area contributed by atoms with Crippen LogP contribution in [-0.4, -0.2) is 30.0 Å². The number of aliphatic carboxylic acids is 1. The number of carbonyl (C=O) groups is 1. The average Bonchev–Trinajstić information content (AvgIpc) is 2.61. The van der Waals surface area contributed by atoms with Crippen LogP contribution in [-0.2, 0) is 9.53 Å². The van der Waals surface area contributed by atoms with Crippen LogP contribution in [0.5, 0.6) is 0 Å². The Hall–Kier alpha value is -0.780. The summed E-state index contributed by atoms with van der Waals surface area (Å²) in [6.07, 6.45) is -4.67. The van der Waals surface area contributed by atoms with Gasteiger partial charge in [-0.15, -0.1) is 0 Å². The van der Waals surface area contributed by atoms with Crippen LogP contribution < -0.4 is 0 Å². The molecule has 2 aliphatic rings. The van der Waals surface area contributed by atoms with E-state index in [-0.39, 0.29) is 18.8 Å². The smallest absolute Gasteiger partial charge is 0.391 e. The van der Waals surface area contributed by atoms with Gasteiger partial charge in [0.1, 0.15) is 0 Å². The summed E-state index contributed by atoms with van der Waals surface area (Å²) in [6, 6.07) is 0. The predicted octanol–water partition coefficient (Wildman–Crippen LogP) is 2.06. The molecule has 1 aliphatic heterocycles. The van der Waals surface area contributed by atoms with Crippen molar-refractivity contribution in [2.75, 3.05) is 6.61 Å². The Bertz CT molecular complexity index is 290. The molecule has 0 aromatic heterocycles. The molecule has 1 saturated heterocycles. The van der Waals surface area contributed by atoms with E-state index in [1.165, 1.54) is 0 Å². The first kappa shape index (κ1) is 11.7. The maximum absolute atomic E-state index is 12.6. The first-order valence-corrected chi connectivity index (χ1v) is 5.30. The van der Waals surface area contributed by atoms with Gasteiger partial charge >= 0.3 is 12.1 Å². The molecular formula is C10H13F3O3. The Balaban J connectivity index is 2.16. The zero-order chi connectivity index (χ0) is 11.9. The summed E-state index contributed by atoms with van der Waals surface area (Å²) < 4.78 is 43.0. The van der Waals surface area contributed by atoms with Crippen LogP contribution in [0.4, 0.5) is 13.2 Å². The van der Waals surface area contributed by atoms with E-state index in [1.54, 1.807) is 0 Å². The second-order valence-corrected chi connectivity index (χ2v) is 4.52. The van der Waals surface area contributed by atoms with E-state index in [4.69, 9.17) is 9.84 Å². The van der Waals surface area contributed by atoms with E-state index in [0.29, 0.717) is 13.0 Å². The minimum atomic E-state index is -4.31. The molecule has 0 bridgehead atoms. The highest BCUT2D eigenvalue weighted by Crippen LogP contribution is 2.46. The standard InChI is InChI=1S/C10H13F3O3/c11-10(12,13)5-3-7(9(14)15)6-1-2-16-8(6)4-5/h5-8H,1-4H2,(H,14,15)/t5-,6-,7+,8-/m0/s1. The first-order valence-electron chi connectivity index (χ1n) is 5.30. The lowest BCUT2D eigenvalue weighted by Crippen LogP contribution is -2.42. The van der Waals surface area contributed by atoms with E-state index in [0.717, 1.165) is 0 Å². The summed E-state index contributed by atoms with van der Waals surface area (Å²) in [5.41, 5.74) is 0. The topological polar surface area (TPSA) is 46.5 Å². The Labute approximate surface area is 90.6 Å². The molecule has 16 heavy (non-hydrogen) atoms. The Morgan fingerprint density at radius 1 is 1.31 bits per heavy atom. The molecule has 4 atom stereocenters. The third kappa shape index (κ3) is 2.03. The van der Waals surface area contributed by atoms with Gasteiger partial charge in [-0.2, -0.15) is 13.2 Å². The molecule has 1 N–H and O–H groups in total. The SMILES string of the molecule is O=C(O)[C@@H]1C[C@H](C(F)(F)F)C[C@@H]2OCC[C@H]21. The fraction of sp³-hybridized carbons (Fsp3) is 0.900. The summed E-state index contributed by atoms with van der Waals surface area (Å²) in [5.74, 6) is -3.81. The van der Waals surface area contributed by atoms with Gasteiger partial charge in [0.05, 0.1) is 17.9 Å². The molecule has 0 amide bonds. The summed E-state index contributed by atoms with van der Waals surface area (Å²) in [6.45, 7) is 0.379. The third-order valence-corrected chi connectivity index (χ3v) is 3.61. The fourth-order valence-electron chi connectivity index (χ4n) is 2.78. The van der Waals surface area contributed by atoms with E-state index < -0.39 is 30.1 Å². The van der Waals surface area contributed by atoms with Crippen LogP contribution in [0, 0.1) is 17.8 Å². The maximum Gasteiger partial charge on any atom is 0.391 e. The largest absolute Gasteiger partial charge is 0.481 e. The number of carboxylic acids is 1. The molecule has 2 fully saturated rings. The lowest BCUT2D eigenvalue weighted by molar-refractivity contribution is -0.200. The van der Waals surface area contributed by atoms with Crippen LogP contribution in [0.15, 0.2) is 0 Å². The number of ether oxygens (including phenoxy) is 1. The molecule has 0 unspecified atom stereocenters. The van der Waals surface area contributed by atoms with Gasteiger partial charge in [-0.3, -0.25) is 4.79 Å². The monoisotopic (exact) mass is 238 g/mol. The highest BCUT2D eigenvalue weighted by molar-refractivity contribution is 5.70. The van der Waals surface area contributed by atoms with Crippen LogP contribution >= 0.6 is 0 Å². The minimum absolute atomic E-state index is 0.0854. The molecular weight excluding hydrogens is 225 g/mol. The van der Waals surface area contributed by atoms with Crippen molar-refractivity contribution in [3.05, 3.63) is 0 Å². The van der Waals surface area contributed by atoms with Crippen molar-refractivity contribution in [2.24, 2.45) is 17.8 Å². The number of halogens is 3. The third-order valence-electron chi connectivity index (χ3n) is 3.61. The van der Waals surface area contributed by atoms with Crippen LogP contribution in [0.1, 0.15) is 19.3 Å². The van der Waals surface area contributed by atoms with Crippen molar-refractivity contribution < 1.29 is 27.8 Å². The van der Waals surface area contributed by atoms with Gasteiger partial charge in [0.2, 0.25) is 0 Å². The molecule has 3 nitrogen and oxygen atoms in total. The van der Waals surface area contributed by atoms with Crippen LogP contribution in [0.25, 0.3) is 0 Å². The first-order chi connectivity index (χ1) is 7.39. The molecule has 1 heterocycles. The van der Waals surface area contributed by atoms with Gasteiger partial charge < -0.3 is 9.84 Å². The highest BCUT2D eigenvalue weighted by atomic mass is 19.4. The molecule has 1 saturated carbocycles. The van der Waals surface area contributed by atoms with Gasteiger partial charge in [-0.25, -0.2) is 0 Å². The maximum atomic E-state index is 12.6. The average molecular weight is 238 g/mol. The van der Waals surface area contributed by atoms with Crippen molar-refractivity contribution in [3.8, 4) is 0 Å². The number of alkyl halides is 3. The second-order valence-electron chi connectivity index (χ2n) is 4.52. The van der Waals surface area contributed by atoms with E-state index in [9.17, 15) is 18.0 Å². The Morgan fingerprint density at radius 3 is 2.56 bits per heavy atom. The van der Waals surface area contributed by atoms with Crippen molar-refractivity contribution in [1.82, 2.24) is 0 Å². The van der Waals surface area contributed by atoms with Gasteiger partial charge in [0.25, 0.3) is 0 Å². The Kier molecular flexibility index (Phi) is 2.86. The number of hydrogen-bond donors (Lipinski definition) is 1. The van der Waals surface area contributed by atoms with Crippen molar-refractivity contribution >= 4 is 5.97 Å². The van der Waals surface area contributed by atoms with Gasteiger partial charge in [0, 0.05) is 12.5 Å². The van der Waals surface area contributed by atoms with Crippen LogP contribution in [0.2, 0.25) is 0 Å². The van der Waals surface area contributed by atoms with E-state index in [2.05, 4.69) is 0 Å². The quantitative estimate of drug-likeness (QED) is 0.760. The number of hydrogen-bond acceptors (Lipinski definition) is 2. The van der Waals surface area contributed by atoms with Gasteiger partial charge in [-0.1, -0.05) is 0 Å². The molecule has 0 aromatic carbocycles. The lowest BCUT2D eigenvalue weighted by atomic mass is 9.72. The zero-order valence-corrected chi connectivity index (χ0v) is 8.54. The predicted molar refractivity (Wildman–Crippen MR) is 47.8 cm³/mol. The van der Waals surface area contributed by atoms with Crippen molar-refractivity contribution in [1.29, 1.82) is 0 Å². The molecule has 2 rings (SSSR count). The lowest BCUT2D eigenvalue weighted by Gasteiger charge is -2.36. The van der Waals surface area contributed by atoms with Crippen LogP contribution in [0.3, 0.4) is 0 Å². The molecule has 0 spiro atoms. The highest BCUT2D eigenvalue weighted by Gasteiger charge is 2.52. The molecule has 0 aromatic rings. The summed E-state index contributed by atoms with van der Waals surface area (Å²) >= 11 is 0. The van der Waals surface area contributed by atoms with Crippen molar-refractivity contribution in [3.63, 3.8) is 0 Å². The molecule has 1 aliphatic carbocycles. The Morgan fingerprint density at radius 2 is 2.00 bits per heavy atom. The molecule has 0 radical (unpaired) electrons. The molecule has 6 heteroatoms. The number of rotatable bonds is 1. The van der Waals surface area contributed by atoms with Crippen molar-refractivity contribution in [2.45, 2.75) is 31.5 Å². The minimum Gasteiger partial charge on any atom is -0.481 e. The normalized spacial score (nSPS) is 39.4. The summed E-state index contributed by atoms with van der Waals surface area (Å²) in [4.78, 5) is 10.9. The summed E-state index contributed by atoms with van der Waals surface area (Å²) in [7, 11) is 0.